The summed E-state index contributed by atoms with van der Waals surface area (Å²) in [7, 11) is 1.49. The van der Waals surface area contributed by atoms with E-state index in [1.54, 1.807) is 18.2 Å². The minimum atomic E-state index is -2.70. The lowest BCUT2D eigenvalue weighted by Crippen LogP contribution is -2.20. The standard InChI is InChI=1S/C25H29N7O4/c1-26-24(34)17-13-27-20(29-23(33)15-8-9-15)12-19(17)28-18-7-5-6-16(22(18)35-2)25-30-21(31-36-25)14-32-10-3-4-11-32/h5-7,12-13,15H,3-4,8-11,14H2,1-2H3,(H,26,34)(H2,27,28,29,33)/i1D3. The van der Waals surface area contributed by atoms with Gasteiger partial charge in [-0.1, -0.05) is 11.2 Å². The summed E-state index contributed by atoms with van der Waals surface area (Å²) in [5.41, 5.74) is 1.16. The molecule has 1 aromatic carbocycles. The van der Waals surface area contributed by atoms with Gasteiger partial charge in [-0.3, -0.25) is 14.5 Å². The zero-order valence-electron chi connectivity index (χ0n) is 22.8. The molecule has 2 aliphatic rings. The summed E-state index contributed by atoms with van der Waals surface area (Å²) in [6.45, 7) is -0.105. The SMILES string of the molecule is [2H]C([2H])([2H])NC(=O)c1cnc(NC(=O)C2CC2)cc1Nc1cccc(-c2nc(CN3CCCC3)no2)c1OC. The number of nitrogens with zero attached hydrogens (tertiary/aromatic N) is 4. The molecule has 2 amide bonds. The minimum absolute atomic E-state index is 0.0336. The third kappa shape index (κ3) is 5.15. The van der Waals surface area contributed by atoms with Gasteiger partial charge in [0.05, 0.1) is 36.2 Å². The topological polar surface area (TPSA) is 135 Å². The van der Waals surface area contributed by atoms with E-state index < -0.39 is 12.9 Å². The Kier molecular flexibility index (Phi) is 5.80. The average molecular weight is 495 g/mol. The number of methoxy groups -OCH3 is 1. The second-order valence-electron chi connectivity index (χ2n) is 8.84. The van der Waals surface area contributed by atoms with Crippen molar-refractivity contribution in [1.82, 2.24) is 25.3 Å². The van der Waals surface area contributed by atoms with Crippen LogP contribution in [0.15, 0.2) is 35.0 Å². The van der Waals surface area contributed by atoms with Crippen LogP contribution in [0, 0.1) is 5.92 Å². The summed E-state index contributed by atoms with van der Waals surface area (Å²) in [6.07, 6.45) is 5.15. The number of aromatic nitrogens is 3. The summed E-state index contributed by atoms with van der Waals surface area (Å²) in [5.74, 6) is 0.369. The lowest BCUT2D eigenvalue weighted by Gasteiger charge is -2.16. The quantitative estimate of drug-likeness (QED) is 0.410. The van der Waals surface area contributed by atoms with Gasteiger partial charge in [0.2, 0.25) is 5.91 Å². The Hall–Kier alpha value is -3.99. The molecule has 0 bridgehead atoms. The number of carbonyl (C=O) groups is 2. The number of benzene rings is 1. The van der Waals surface area contributed by atoms with Crippen LogP contribution in [0.2, 0.25) is 0 Å². The first-order valence-corrected chi connectivity index (χ1v) is 11.8. The third-order valence-corrected chi connectivity index (χ3v) is 6.21. The molecule has 11 nitrogen and oxygen atoms in total. The maximum absolute atomic E-state index is 12.8. The summed E-state index contributed by atoms with van der Waals surface area (Å²) in [5, 5.41) is 12.0. The minimum Gasteiger partial charge on any atom is -0.494 e. The molecule has 3 N–H and O–H groups in total. The molecular weight excluding hydrogens is 462 g/mol. The lowest BCUT2D eigenvalue weighted by atomic mass is 10.1. The predicted octanol–water partition coefficient (Wildman–Crippen LogP) is 3.19. The zero-order chi connectivity index (χ0) is 27.6. The highest BCUT2D eigenvalue weighted by Gasteiger charge is 2.30. The number of carbonyl (C=O) groups excluding carboxylic acids is 2. The van der Waals surface area contributed by atoms with Gasteiger partial charge in [0.15, 0.2) is 11.6 Å². The van der Waals surface area contributed by atoms with Crippen molar-refractivity contribution in [3.05, 3.63) is 41.9 Å². The number of amides is 2. The largest absolute Gasteiger partial charge is 0.494 e. The van der Waals surface area contributed by atoms with Crippen LogP contribution in [-0.4, -0.2) is 59.0 Å². The van der Waals surface area contributed by atoms with Gasteiger partial charge in [-0.15, -0.1) is 0 Å². The van der Waals surface area contributed by atoms with Crippen molar-refractivity contribution >= 4 is 29.0 Å². The molecule has 36 heavy (non-hydrogen) atoms. The molecular formula is C25H29N7O4. The van der Waals surface area contributed by atoms with Crippen LogP contribution in [0.4, 0.5) is 17.2 Å². The molecule has 3 aromatic rings. The van der Waals surface area contributed by atoms with Gasteiger partial charge >= 0.3 is 0 Å². The first-order valence-electron chi connectivity index (χ1n) is 13.3. The average Bonchev–Trinajstić information content (AvgIpc) is 3.43. The van der Waals surface area contributed by atoms with Crippen LogP contribution < -0.4 is 20.7 Å². The van der Waals surface area contributed by atoms with E-state index in [0.29, 0.717) is 29.4 Å². The van der Waals surface area contributed by atoms with Crippen LogP contribution in [-0.2, 0) is 11.3 Å². The molecule has 2 fully saturated rings. The maximum atomic E-state index is 12.8. The number of hydrogen-bond acceptors (Lipinski definition) is 9. The molecule has 2 aromatic heterocycles. The molecule has 0 radical (unpaired) electrons. The Morgan fingerprint density at radius 1 is 1.25 bits per heavy atom. The number of nitrogens with one attached hydrogen (secondary N) is 3. The predicted molar refractivity (Wildman–Crippen MR) is 133 cm³/mol. The number of pyridine rings is 1. The Morgan fingerprint density at radius 2 is 2.08 bits per heavy atom. The summed E-state index contributed by atoms with van der Waals surface area (Å²) in [6, 6.07) is 6.72. The molecule has 0 unspecified atom stereocenters. The molecule has 1 saturated heterocycles. The van der Waals surface area contributed by atoms with Gasteiger partial charge in [0.1, 0.15) is 5.82 Å². The van der Waals surface area contributed by atoms with Crippen molar-refractivity contribution < 1.29 is 23.0 Å². The van der Waals surface area contributed by atoms with Crippen LogP contribution >= 0.6 is 0 Å². The molecule has 5 rings (SSSR count). The van der Waals surface area contributed by atoms with Crippen LogP contribution in [0.1, 0.15) is 46.0 Å². The number of hydrogen-bond donors (Lipinski definition) is 3. The van der Waals surface area contributed by atoms with Crippen molar-refractivity contribution in [2.45, 2.75) is 32.2 Å². The molecule has 1 aliphatic carbocycles. The Bertz CT molecular complexity index is 1370. The smallest absolute Gasteiger partial charge is 0.261 e. The van der Waals surface area contributed by atoms with Crippen molar-refractivity contribution in [3.63, 3.8) is 0 Å². The molecule has 1 aliphatic heterocycles. The monoisotopic (exact) mass is 494 g/mol. The Labute approximate surface area is 212 Å². The molecule has 11 heteroatoms. The van der Waals surface area contributed by atoms with E-state index in [1.807, 2.05) is 5.32 Å². The van der Waals surface area contributed by atoms with Gasteiger partial charge in [-0.25, -0.2) is 4.98 Å². The van der Waals surface area contributed by atoms with E-state index in [1.165, 1.54) is 19.4 Å². The van der Waals surface area contributed by atoms with Crippen molar-refractivity contribution in [2.75, 3.05) is 37.8 Å². The van der Waals surface area contributed by atoms with Gasteiger partial charge in [0.25, 0.3) is 11.8 Å². The van der Waals surface area contributed by atoms with E-state index >= 15 is 0 Å². The molecule has 0 spiro atoms. The normalized spacial score (nSPS) is 17.1. The first kappa shape index (κ1) is 20.2. The third-order valence-electron chi connectivity index (χ3n) is 6.21. The first-order chi connectivity index (χ1) is 18.7. The summed E-state index contributed by atoms with van der Waals surface area (Å²) < 4.78 is 33.4. The van der Waals surface area contributed by atoms with Gasteiger partial charge in [-0.05, 0) is 50.9 Å². The maximum Gasteiger partial charge on any atom is 0.261 e. The molecule has 3 heterocycles. The summed E-state index contributed by atoms with van der Waals surface area (Å²) in [4.78, 5) is 36.1. The fourth-order valence-corrected chi connectivity index (χ4v) is 4.19. The van der Waals surface area contributed by atoms with Gasteiger partial charge < -0.3 is 25.2 Å². The van der Waals surface area contributed by atoms with Crippen LogP contribution in [0.25, 0.3) is 11.5 Å². The number of likely N-dealkylation sites (tertiary alicyclic amines) is 1. The molecule has 0 atom stereocenters. The highest BCUT2D eigenvalue weighted by molar-refractivity contribution is 6.01. The van der Waals surface area contributed by atoms with E-state index in [0.717, 1.165) is 38.8 Å². The van der Waals surface area contributed by atoms with Crippen molar-refractivity contribution in [1.29, 1.82) is 0 Å². The second kappa shape index (κ2) is 10.3. The Morgan fingerprint density at radius 3 is 2.83 bits per heavy atom. The van der Waals surface area contributed by atoms with Crippen LogP contribution in [0.3, 0.4) is 0 Å². The molecule has 1 saturated carbocycles. The fourth-order valence-electron chi connectivity index (χ4n) is 4.19. The van der Waals surface area contributed by atoms with Gasteiger partial charge in [0, 0.05) is 29.3 Å². The highest BCUT2D eigenvalue weighted by atomic mass is 16.5. The number of ether oxygens (including phenoxy) is 1. The second-order valence-corrected chi connectivity index (χ2v) is 8.84. The van der Waals surface area contributed by atoms with E-state index in [-0.39, 0.29) is 34.8 Å². The van der Waals surface area contributed by atoms with Crippen molar-refractivity contribution in [2.24, 2.45) is 5.92 Å². The summed E-state index contributed by atoms with van der Waals surface area (Å²) >= 11 is 0. The molecule has 188 valence electrons. The Balaban J connectivity index is 1.45. The number of para-hydroxylation sites is 1. The lowest BCUT2D eigenvalue weighted by molar-refractivity contribution is -0.117. The van der Waals surface area contributed by atoms with Gasteiger partial charge in [-0.2, -0.15) is 4.98 Å². The van der Waals surface area contributed by atoms with Crippen LogP contribution in [0.5, 0.6) is 5.75 Å². The van der Waals surface area contributed by atoms with E-state index in [4.69, 9.17) is 13.4 Å². The van der Waals surface area contributed by atoms with Crippen molar-refractivity contribution in [3.8, 4) is 17.2 Å². The fraction of sp³-hybridized carbons (Fsp3) is 0.400. The van der Waals surface area contributed by atoms with E-state index in [9.17, 15) is 9.59 Å². The highest BCUT2D eigenvalue weighted by Crippen LogP contribution is 2.38. The number of anilines is 3. The number of rotatable bonds is 9. The zero-order valence-corrected chi connectivity index (χ0v) is 19.8. The van der Waals surface area contributed by atoms with E-state index in [2.05, 4.69) is 30.7 Å².